The fourth-order valence-corrected chi connectivity index (χ4v) is 6.90. The van der Waals surface area contributed by atoms with Gasteiger partial charge in [-0.3, -0.25) is 14.7 Å². The van der Waals surface area contributed by atoms with Crippen LogP contribution in [0.25, 0.3) is 0 Å². The van der Waals surface area contributed by atoms with Crippen LogP contribution in [0.4, 0.5) is 10.6 Å². The first-order chi connectivity index (χ1) is 18.0. The summed E-state index contributed by atoms with van der Waals surface area (Å²) in [5, 5.41) is 2.45. The number of aromatic nitrogens is 2. The zero-order valence-electron chi connectivity index (χ0n) is 20.5. The van der Waals surface area contributed by atoms with E-state index in [0.717, 1.165) is 24.8 Å². The molecule has 10 nitrogen and oxygen atoms in total. The van der Waals surface area contributed by atoms with Gasteiger partial charge in [-0.25, -0.2) is 9.59 Å². The van der Waals surface area contributed by atoms with E-state index in [1.54, 1.807) is 0 Å². The molecule has 1 aromatic carbocycles. The minimum Gasteiger partial charge on any atom is -0.460 e. The number of benzene rings is 1. The molecule has 7 rings (SSSR count). The lowest BCUT2D eigenvalue weighted by Gasteiger charge is -2.55. The molecule has 1 saturated heterocycles. The number of rotatable bonds is 7. The second-order valence-corrected chi connectivity index (χ2v) is 10.8. The standard InChI is InChI=1S/C27H31N3O7/c31-24(27-11-18-8-19(12-27)10-20(9-18)13-27)35-16-23-34-15-22(37-23)30-7-6-21(28-25(30)32)29-26(33)36-14-17-4-2-1-3-5-17/h1-7,18-20,22-23H,8-16H2,(H,28,29,32,33). The van der Waals surface area contributed by atoms with E-state index >= 15 is 0 Å². The molecule has 4 bridgehead atoms. The third-order valence-electron chi connectivity index (χ3n) is 8.14. The Kier molecular flexibility index (Phi) is 6.46. The fraction of sp³-hybridized carbons (Fsp3) is 0.556. The molecule has 4 saturated carbocycles. The Morgan fingerprint density at radius 3 is 2.41 bits per heavy atom. The maximum Gasteiger partial charge on any atom is 0.413 e. The van der Waals surface area contributed by atoms with Gasteiger partial charge in [0.05, 0.1) is 12.0 Å². The molecule has 4 aliphatic carbocycles. The van der Waals surface area contributed by atoms with E-state index in [1.807, 2.05) is 30.3 Å². The van der Waals surface area contributed by atoms with Gasteiger partial charge in [0, 0.05) is 6.20 Å². The largest absolute Gasteiger partial charge is 0.460 e. The molecule has 5 aliphatic rings. The van der Waals surface area contributed by atoms with E-state index in [0.29, 0.717) is 17.8 Å². The summed E-state index contributed by atoms with van der Waals surface area (Å²) in [4.78, 5) is 41.6. The smallest absolute Gasteiger partial charge is 0.413 e. The summed E-state index contributed by atoms with van der Waals surface area (Å²) >= 11 is 0. The molecule has 10 heteroatoms. The summed E-state index contributed by atoms with van der Waals surface area (Å²) in [7, 11) is 0. The number of amides is 1. The Morgan fingerprint density at radius 2 is 1.73 bits per heavy atom. The van der Waals surface area contributed by atoms with E-state index in [-0.39, 0.29) is 37.0 Å². The van der Waals surface area contributed by atoms with Crippen LogP contribution in [0, 0.1) is 23.2 Å². The average molecular weight is 510 g/mol. The molecule has 2 heterocycles. The maximum atomic E-state index is 13.1. The van der Waals surface area contributed by atoms with Crippen molar-refractivity contribution in [3.8, 4) is 0 Å². The number of nitrogens with zero attached hydrogens (tertiary/aromatic N) is 2. The van der Waals surface area contributed by atoms with Gasteiger partial charge in [0.1, 0.15) is 19.0 Å². The molecule has 2 unspecified atom stereocenters. The van der Waals surface area contributed by atoms with E-state index in [2.05, 4.69) is 10.3 Å². The van der Waals surface area contributed by atoms with E-state index < -0.39 is 24.3 Å². The third-order valence-corrected chi connectivity index (χ3v) is 8.14. The molecule has 1 aromatic heterocycles. The zero-order chi connectivity index (χ0) is 25.4. The van der Waals surface area contributed by atoms with Crippen LogP contribution in [0.5, 0.6) is 0 Å². The molecular weight excluding hydrogens is 478 g/mol. The van der Waals surface area contributed by atoms with Gasteiger partial charge in [-0.2, -0.15) is 4.98 Å². The maximum absolute atomic E-state index is 13.1. The van der Waals surface area contributed by atoms with Crippen molar-refractivity contribution < 1.29 is 28.5 Å². The van der Waals surface area contributed by atoms with Crippen LogP contribution in [0.1, 0.15) is 50.3 Å². The minimum atomic E-state index is -0.750. The summed E-state index contributed by atoms with van der Waals surface area (Å²) in [6.45, 7) is 0.213. The molecule has 0 radical (unpaired) electrons. The molecule has 1 amide bonds. The van der Waals surface area contributed by atoms with Gasteiger partial charge in [-0.15, -0.1) is 0 Å². The first-order valence-electron chi connectivity index (χ1n) is 13.0. The van der Waals surface area contributed by atoms with Gasteiger partial charge in [-0.1, -0.05) is 30.3 Å². The molecule has 0 spiro atoms. The summed E-state index contributed by atoms with van der Waals surface area (Å²) in [5.41, 5.74) is -0.100. The monoisotopic (exact) mass is 509 g/mol. The predicted octanol–water partition coefficient (Wildman–Crippen LogP) is 3.62. The SMILES string of the molecule is O=C(Nc1ccn(C2COC(COC(=O)C34CC5CC(CC(C5)C3)C4)O2)c(=O)n1)OCc1ccccc1. The van der Waals surface area contributed by atoms with Crippen LogP contribution in [-0.4, -0.2) is 41.1 Å². The number of hydrogen-bond acceptors (Lipinski definition) is 8. The molecule has 1 aliphatic heterocycles. The van der Waals surface area contributed by atoms with Crippen molar-refractivity contribution in [3.63, 3.8) is 0 Å². The van der Waals surface area contributed by atoms with Crippen molar-refractivity contribution in [3.05, 3.63) is 58.6 Å². The molecule has 196 valence electrons. The number of carbonyl (C=O) groups excluding carboxylic acids is 2. The highest BCUT2D eigenvalue weighted by molar-refractivity contribution is 5.83. The fourth-order valence-electron chi connectivity index (χ4n) is 6.90. The highest BCUT2D eigenvalue weighted by Gasteiger charge is 2.55. The molecule has 5 fully saturated rings. The van der Waals surface area contributed by atoms with Gasteiger partial charge >= 0.3 is 17.8 Å². The lowest BCUT2D eigenvalue weighted by Crippen LogP contribution is -2.50. The summed E-state index contributed by atoms with van der Waals surface area (Å²) in [6, 6.07) is 10.7. The molecule has 37 heavy (non-hydrogen) atoms. The highest BCUT2D eigenvalue weighted by atomic mass is 16.7. The molecule has 2 aromatic rings. The van der Waals surface area contributed by atoms with Crippen LogP contribution in [0.15, 0.2) is 47.4 Å². The van der Waals surface area contributed by atoms with E-state index in [4.69, 9.17) is 18.9 Å². The number of carbonyl (C=O) groups is 2. The van der Waals surface area contributed by atoms with Crippen LogP contribution in [0.2, 0.25) is 0 Å². The zero-order valence-corrected chi connectivity index (χ0v) is 20.5. The van der Waals surface area contributed by atoms with Gasteiger partial charge < -0.3 is 18.9 Å². The second kappa shape index (κ2) is 9.90. The van der Waals surface area contributed by atoms with Crippen molar-refractivity contribution in [1.29, 1.82) is 0 Å². The van der Waals surface area contributed by atoms with Gasteiger partial charge in [-0.05, 0) is 67.9 Å². The van der Waals surface area contributed by atoms with Crippen LogP contribution in [0.3, 0.4) is 0 Å². The summed E-state index contributed by atoms with van der Waals surface area (Å²) in [5.74, 6) is 1.91. The first kappa shape index (κ1) is 24.1. The lowest BCUT2D eigenvalue weighted by atomic mass is 9.49. The van der Waals surface area contributed by atoms with Crippen LogP contribution >= 0.6 is 0 Å². The quantitative estimate of drug-likeness (QED) is 0.563. The minimum absolute atomic E-state index is 0.00778. The Labute approximate surface area is 214 Å². The van der Waals surface area contributed by atoms with Crippen molar-refractivity contribution in [2.24, 2.45) is 23.2 Å². The number of esters is 1. The second-order valence-electron chi connectivity index (χ2n) is 10.8. The Hall–Kier alpha value is -3.24. The van der Waals surface area contributed by atoms with Crippen LogP contribution in [-0.2, 0) is 30.3 Å². The number of anilines is 1. The lowest BCUT2D eigenvalue weighted by molar-refractivity contribution is -0.183. The van der Waals surface area contributed by atoms with Gasteiger partial charge in [0.25, 0.3) is 0 Å². The third kappa shape index (κ3) is 5.13. The number of nitrogens with one attached hydrogen (secondary N) is 1. The number of hydrogen-bond donors (Lipinski definition) is 1. The predicted molar refractivity (Wildman–Crippen MR) is 130 cm³/mol. The van der Waals surface area contributed by atoms with Crippen molar-refractivity contribution in [1.82, 2.24) is 9.55 Å². The van der Waals surface area contributed by atoms with E-state index in [1.165, 1.54) is 36.1 Å². The van der Waals surface area contributed by atoms with Gasteiger partial charge in [0.15, 0.2) is 12.5 Å². The number of ether oxygens (including phenoxy) is 4. The Morgan fingerprint density at radius 1 is 1.03 bits per heavy atom. The molecule has 2 atom stereocenters. The Balaban J connectivity index is 0.992. The van der Waals surface area contributed by atoms with Crippen molar-refractivity contribution in [2.45, 2.75) is 57.6 Å². The van der Waals surface area contributed by atoms with Crippen molar-refractivity contribution in [2.75, 3.05) is 18.5 Å². The topological polar surface area (TPSA) is 118 Å². The highest BCUT2D eigenvalue weighted by Crippen LogP contribution is 2.60. The molecular formula is C27H31N3O7. The van der Waals surface area contributed by atoms with Crippen molar-refractivity contribution >= 4 is 17.9 Å². The first-order valence-corrected chi connectivity index (χ1v) is 13.0. The average Bonchev–Trinajstić information content (AvgIpc) is 3.34. The van der Waals surface area contributed by atoms with E-state index in [9.17, 15) is 14.4 Å². The normalized spacial score (nSPS) is 31.7. The summed E-state index contributed by atoms with van der Waals surface area (Å²) < 4.78 is 23.6. The summed E-state index contributed by atoms with van der Waals surface area (Å²) in [6.07, 6.45) is 5.90. The van der Waals surface area contributed by atoms with Gasteiger partial charge in [0.2, 0.25) is 0 Å². The Bertz CT molecular complexity index is 1180. The molecule has 1 N–H and O–H groups in total. The van der Waals surface area contributed by atoms with Crippen LogP contribution < -0.4 is 11.0 Å².